The van der Waals surface area contributed by atoms with Crippen molar-refractivity contribution in [3.8, 4) is 5.82 Å². The fourth-order valence-electron chi connectivity index (χ4n) is 3.65. The van der Waals surface area contributed by atoms with Crippen LogP contribution in [-0.4, -0.2) is 46.0 Å². The molecule has 0 fully saturated rings. The Labute approximate surface area is 208 Å². The molecule has 0 aliphatic rings. The second kappa shape index (κ2) is 10.7. The Kier molecular flexibility index (Phi) is 7.43. The minimum Gasteiger partial charge on any atom is -0.344 e. The van der Waals surface area contributed by atoms with Crippen molar-refractivity contribution in [2.45, 2.75) is 13.0 Å². The number of nitrogens with zero attached hydrogens (tertiary/aromatic N) is 4. The van der Waals surface area contributed by atoms with Crippen molar-refractivity contribution < 1.29 is 9.18 Å². The molecule has 2 aromatic carbocycles. The molecule has 0 radical (unpaired) electrons. The number of benzene rings is 2. The number of rotatable bonds is 8. The van der Waals surface area contributed by atoms with E-state index < -0.39 is 5.82 Å². The van der Waals surface area contributed by atoms with Crippen LogP contribution in [0.3, 0.4) is 0 Å². The Bertz CT molecular complexity index is 1320. The summed E-state index contributed by atoms with van der Waals surface area (Å²) in [5, 5.41) is 6.36. The molecule has 7 nitrogen and oxygen atoms in total. The van der Waals surface area contributed by atoms with E-state index in [-0.39, 0.29) is 17.0 Å². The number of nitrogens with one attached hydrogen (secondary N) is 2. The van der Waals surface area contributed by atoms with Crippen LogP contribution in [0.5, 0.6) is 0 Å². The van der Waals surface area contributed by atoms with E-state index in [0.717, 1.165) is 11.1 Å². The third-order valence-corrected chi connectivity index (χ3v) is 5.69. The molecule has 0 saturated heterocycles. The molecular formula is C26H26ClFN6O. The fraction of sp³-hybridized carbons (Fsp3) is 0.192. The van der Waals surface area contributed by atoms with Gasteiger partial charge >= 0.3 is 0 Å². The summed E-state index contributed by atoms with van der Waals surface area (Å²) in [4.78, 5) is 24.0. The van der Waals surface area contributed by atoms with E-state index in [9.17, 15) is 9.18 Å². The summed E-state index contributed by atoms with van der Waals surface area (Å²) in [5.41, 5.74) is 2.86. The lowest BCUT2D eigenvalue weighted by Crippen LogP contribution is -2.35. The number of aryl methyl sites for hydroxylation is 1. The smallest absolute Gasteiger partial charge is 0.253 e. The summed E-state index contributed by atoms with van der Waals surface area (Å²) >= 11 is 6.11. The summed E-state index contributed by atoms with van der Waals surface area (Å²) in [5.74, 6) is 0.300. The Hall–Kier alpha value is -3.75. The first-order valence-electron chi connectivity index (χ1n) is 11.0. The molecule has 2 N–H and O–H groups in total. The standard InChI is InChI=1S/C26H26ClFN6O/c1-17-14-29-26(31-22-10-9-20(28)13-21(22)27)32-24(17)34-12-11-19(15-34)25(35)30-23(16-33(2)3)18-7-5-4-6-8-18/h4-15,23H,16H2,1-3H3,(H,30,35)(H,29,31,32)/t23-/m0/s1. The molecule has 0 spiro atoms. The Balaban J connectivity index is 1.54. The van der Waals surface area contributed by atoms with Gasteiger partial charge in [-0.05, 0) is 50.8 Å². The van der Waals surface area contributed by atoms with Crippen molar-refractivity contribution in [2.24, 2.45) is 0 Å². The molecule has 35 heavy (non-hydrogen) atoms. The predicted octanol–water partition coefficient (Wildman–Crippen LogP) is 5.14. The molecule has 0 aliphatic carbocycles. The van der Waals surface area contributed by atoms with Crippen LogP contribution in [0.1, 0.15) is 27.5 Å². The Morgan fingerprint density at radius 3 is 2.66 bits per heavy atom. The lowest BCUT2D eigenvalue weighted by atomic mass is 10.1. The van der Waals surface area contributed by atoms with E-state index in [4.69, 9.17) is 11.6 Å². The number of likely N-dealkylation sites (N-methyl/N-ethyl adjacent to an activating group) is 1. The van der Waals surface area contributed by atoms with Gasteiger partial charge in [0.25, 0.3) is 5.91 Å². The lowest BCUT2D eigenvalue weighted by Gasteiger charge is -2.22. The van der Waals surface area contributed by atoms with Gasteiger partial charge in [-0.25, -0.2) is 9.37 Å². The number of carbonyl (C=O) groups excluding carboxylic acids is 1. The van der Waals surface area contributed by atoms with Crippen LogP contribution in [0.15, 0.2) is 73.2 Å². The Morgan fingerprint density at radius 1 is 1.17 bits per heavy atom. The van der Waals surface area contributed by atoms with Crippen LogP contribution in [0.25, 0.3) is 5.82 Å². The maximum absolute atomic E-state index is 13.3. The van der Waals surface area contributed by atoms with Crippen molar-refractivity contribution in [3.63, 3.8) is 0 Å². The van der Waals surface area contributed by atoms with Gasteiger partial charge in [0.1, 0.15) is 11.6 Å². The van der Waals surface area contributed by atoms with Crippen molar-refractivity contribution in [2.75, 3.05) is 26.0 Å². The molecule has 1 atom stereocenters. The molecule has 4 rings (SSSR count). The van der Waals surface area contributed by atoms with Crippen molar-refractivity contribution >= 4 is 29.1 Å². The van der Waals surface area contributed by atoms with E-state index in [2.05, 4.69) is 20.6 Å². The zero-order chi connectivity index (χ0) is 24.9. The molecule has 180 valence electrons. The quantitative estimate of drug-likeness (QED) is 0.356. The van der Waals surface area contributed by atoms with Gasteiger partial charge in [0.15, 0.2) is 0 Å². The number of amides is 1. The summed E-state index contributed by atoms with van der Waals surface area (Å²) in [7, 11) is 3.95. The number of carbonyl (C=O) groups is 1. The Morgan fingerprint density at radius 2 is 1.94 bits per heavy atom. The molecule has 0 saturated carbocycles. The molecular weight excluding hydrogens is 467 g/mol. The zero-order valence-corrected chi connectivity index (χ0v) is 20.4. The first-order valence-corrected chi connectivity index (χ1v) is 11.4. The molecule has 9 heteroatoms. The number of aromatic nitrogens is 3. The van der Waals surface area contributed by atoms with Crippen LogP contribution in [0.2, 0.25) is 5.02 Å². The highest BCUT2D eigenvalue weighted by atomic mass is 35.5. The minimum atomic E-state index is -0.427. The van der Waals surface area contributed by atoms with E-state index in [1.807, 2.05) is 56.3 Å². The van der Waals surface area contributed by atoms with Gasteiger partial charge in [-0.2, -0.15) is 4.98 Å². The molecule has 0 aliphatic heterocycles. The second-order valence-electron chi connectivity index (χ2n) is 8.46. The summed E-state index contributed by atoms with van der Waals surface area (Å²) in [6.45, 7) is 2.55. The highest BCUT2D eigenvalue weighted by Crippen LogP contribution is 2.25. The monoisotopic (exact) mass is 492 g/mol. The van der Waals surface area contributed by atoms with Gasteiger partial charge in [-0.1, -0.05) is 41.9 Å². The number of halogens is 2. The molecule has 2 aromatic heterocycles. The first-order chi connectivity index (χ1) is 16.8. The molecule has 2 heterocycles. The van der Waals surface area contributed by atoms with E-state index in [1.54, 1.807) is 29.2 Å². The maximum Gasteiger partial charge on any atom is 0.253 e. The number of hydrogen-bond acceptors (Lipinski definition) is 5. The van der Waals surface area contributed by atoms with Crippen molar-refractivity contribution in [1.29, 1.82) is 0 Å². The van der Waals surface area contributed by atoms with Gasteiger partial charge in [-0.3, -0.25) is 4.79 Å². The average Bonchev–Trinajstić information content (AvgIpc) is 3.32. The van der Waals surface area contributed by atoms with Crippen LogP contribution < -0.4 is 10.6 Å². The highest BCUT2D eigenvalue weighted by molar-refractivity contribution is 6.33. The van der Waals surface area contributed by atoms with Crippen molar-refractivity contribution in [1.82, 2.24) is 24.8 Å². The third-order valence-electron chi connectivity index (χ3n) is 5.38. The SMILES string of the molecule is Cc1cnc(Nc2ccc(F)cc2Cl)nc1-n1ccc(C(=O)N[C@@H](CN(C)C)c2ccccc2)c1. The number of hydrogen-bond donors (Lipinski definition) is 2. The van der Waals surface area contributed by atoms with Gasteiger partial charge < -0.3 is 20.1 Å². The molecule has 4 aromatic rings. The lowest BCUT2D eigenvalue weighted by molar-refractivity contribution is 0.0930. The summed E-state index contributed by atoms with van der Waals surface area (Å²) in [6, 6.07) is 15.5. The normalized spacial score (nSPS) is 11.9. The summed E-state index contributed by atoms with van der Waals surface area (Å²) < 4.78 is 15.1. The van der Waals surface area contributed by atoms with Gasteiger partial charge in [0.05, 0.1) is 22.3 Å². The summed E-state index contributed by atoms with van der Waals surface area (Å²) in [6.07, 6.45) is 5.18. The van der Waals surface area contributed by atoms with Crippen molar-refractivity contribution in [3.05, 3.63) is 101 Å². The highest BCUT2D eigenvalue weighted by Gasteiger charge is 2.18. The van der Waals surface area contributed by atoms with E-state index in [1.165, 1.54) is 18.2 Å². The minimum absolute atomic E-state index is 0.154. The van der Waals surface area contributed by atoms with Gasteiger partial charge in [-0.15, -0.1) is 0 Å². The average molecular weight is 493 g/mol. The van der Waals surface area contributed by atoms with Crippen LogP contribution >= 0.6 is 11.6 Å². The largest absolute Gasteiger partial charge is 0.344 e. The topological polar surface area (TPSA) is 75.1 Å². The molecule has 0 bridgehead atoms. The van der Waals surface area contributed by atoms with E-state index >= 15 is 0 Å². The second-order valence-corrected chi connectivity index (χ2v) is 8.86. The first kappa shape index (κ1) is 24.4. The maximum atomic E-state index is 13.3. The number of anilines is 2. The molecule has 0 unspecified atom stereocenters. The van der Waals surface area contributed by atoms with E-state index in [0.29, 0.717) is 29.6 Å². The van der Waals surface area contributed by atoms with Gasteiger partial charge in [0.2, 0.25) is 5.95 Å². The van der Waals surface area contributed by atoms with Crippen LogP contribution in [-0.2, 0) is 0 Å². The van der Waals surface area contributed by atoms with Gasteiger partial charge in [0, 0.05) is 30.7 Å². The van der Waals surface area contributed by atoms with Crippen LogP contribution in [0, 0.1) is 12.7 Å². The predicted molar refractivity (Wildman–Crippen MR) is 136 cm³/mol. The fourth-order valence-corrected chi connectivity index (χ4v) is 3.87. The third kappa shape index (κ3) is 6.03. The van der Waals surface area contributed by atoms with Crippen LogP contribution in [0.4, 0.5) is 16.0 Å². The zero-order valence-electron chi connectivity index (χ0n) is 19.7. The molecule has 1 amide bonds.